The molecule has 0 saturated heterocycles. The van der Waals surface area contributed by atoms with E-state index in [2.05, 4.69) is 0 Å². The molecule has 5 nitrogen and oxygen atoms in total. The summed E-state index contributed by atoms with van der Waals surface area (Å²) >= 11 is 0. The highest BCUT2D eigenvalue weighted by molar-refractivity contribution is 5.69. The highest BCUT2D eigenvalue weighted by atomic mass is 16.4. The topological polar surface area (TPSA) is 81.0 Å². The van der Waals surface area contributed by atoms with Crippen LogP contribution in [0.25, 0.3) is 0 Å². The fraction of sp³-hybridized carbons (Fsp3) is 0.800. The molecule has 0 spiro atoms. The second-order valence-electron chi connectivity index (χ2n) is 1.81. The first kappa shape index (κ1) is 9.35. The molecule has 0 aliphatic rings. The summed E-state index contributed by atoms with van der Waals surface area (Å²) in [6.07, 6.45) is 0. The van der Waals surface area contributed by atoms with E-state index in [4.69, 9.17) is 15.3 Å². The number of hydrogen-bond acceptors (Lipinski definition) is 4. The minimum Gasteiger partial charge on any atom is -0.480 e. The lowest BCUT2D eigenvalue weighted by Crippen LogP contribution is -2.32. The second-order valence-corrected chi connectivity index (χ2v) is 1.81. The maximum atomic E-state index is 10.0. The van der Waals surface area contributed by atoms with E-state index in [0.717, 1.165) is 0 Å². The monoisotopic (exact) mass is 149 g/mol. The van der Waals surface area contributed by atoms with Crippen LogP contribution in [-0.4, -0.2) is 52.6 Å². The summed E-state index contributed by atoms with van der Waals surface area (Å²) in [7, 11) is 0. The lowest BCUT2D eigenvalue weighted by Gasteiger charge is -2.14. The normalized spacial score (nSPS) is 10.3. The second kappa shape index (κ2) is 5.16. The van der Waals surface area contributed by atoms with Gasteiger partial charge in [0.25, 0.3) is 0 Å². The van der Waals surface area contributed by atoms with E-state index in [0.29, 0.717) is 0 Å². The van der Waals surface area contributed by atoms with Gasteiger partial charge in [-0.25, -0.2) is 0 Å². The molecule has 60 valence electrons. The van der Waals surface area contributed by atoms with Crippen LogP contribution in [0.15, 0.2) is 0 Å². The molecule has 0 aromatic rings. The average Bonchev–Trinajstić information content (AvgIpc) is 1.86. The Kier molecular flexibility index (Phi) is 4.82. The Balaban J connectivity index is 3.49. The number of aliphatic carboxylic acids is 1. The average molecular weight is 149 g/mol. The Labute approximate surface area is 58.5 Å². The number of carboxylic acid groups (broad SMARTS) is 1. The molecule has 0 bridgehead atoms. The van der Waals surface area contributed by atoms with Gasteiger partial charge in [-0.3, -0.25) is 9.69 Å². The molecule has 0 radical (unpaired) electrons. The lowest BCUT2D eigenvalue weighted by atomic mass is 10.5. The zero-order chi connectivity index (χ0) is 7.98. The molecule has 0 fully saturated rings. The predicted octanol–water partition coefficient (Wildman–Crippen LogP) is -1.68. The van der Waals surface area contributed by atoms with Crippen molar-refractivity contribution in [3.05, 3.63) is 0 Å². The van der Waals surface area contributed by atoms with Crippen LogP contribution < -0.4 is 0 Å². The minimum absolute atomic E-state index is 0.145. The van der Waals surface area contributed by atoms with E-state index in [1.807, 2.05) is 0 Å². The van der Waals surface area contributed by atoms with Crippen LogP contribution in [0.2, 0.25) is 0 Å². The molecule has 0 atom stereocenters. The van der Waals surface area contributed by atoms with Gasteiger partial charge in [-0.05, 0) is 0 Å². The van der Waals surface area contributed by atoms with Gasteiger partial charge in [-0.2, -0.15) is 0 Å². The van der Waals surface area contributed by atoms with Crippen molar-refractivity contribution in [3.8, 4) is 0 Å². The number of carbonyl (C=O) groups is 1. The zero-order valence-corrected chi connectivity index (χ0v) is 5.53. The van der Waals surface area contributed by atoms with Gasteiger partial charge in [0.1, 0.15) is 0 Å². The fourth-order valence-electron chi connectivity index (χ4n) is 0.532. The Hall–Kier alpha value is -0.650. The molecule has 0 aromatic heterocycles. The van der Waals surface area contributed by atoms with Gasteiger partial charge in [0, 0.05) is 6.54 Å². The van der Waals surface area contributed by atoms with Crippen LogP contribution >= 0.6 is 0 Å². The van der Waals surface area contributed by atoms with Gasteiger partial charge in [0.2, 0.25) is 0 Å². The van der Waals surface area contributed by atoms with E-state index in [9.17, 15) is 4.79 Å². The van der Waals surface area contributed by atoms with Gasteiger partial charge < -0.3 is 15.3 Å². The highest BCUT2D eigenvalue weighted by Crippen LogP contribution is 1.83. The van der Waals surface area contributed by atoms with Crippen molar-refractivity contribution < 1.29 is 20.1 Å². The Bertz CT molecular complexity index is 106. The van der Waals surface area contributed by atoms with Crippen LogP contribution in [0.4, 0.5) is 0 Å². The van der Waals surface area contributed by atoms with Crippen molar-refractivity contribution in [1.82, 2.24) is 4.90 Å². The Morgan fingerprint density at radius 2 is 2.00 bits per heavy atom. The SMILES string of the molecule is O=C(O)CN(CO)CCO. The maximum absolute atomic E-state index is 10.0. The number of hydrogen-bond donors (Lipinski definition) is 3. The summed E-state index contributed by atoms with van der Waals surface area (Å²) in [6, 6.07) is 0. The highest BCUT2D eigenvalue weighted by Gasteiger charge is 2.05. The largest absolute Gasteiger partial charge is 0.480 e. The molecule has 5 heteroatoms. The Morgan fingerprint density at radius 1 is 1.40 bits per heavy atom. The molecule has 0 aromatic carbocycles. The summed E-state index contributed by atoms with van der Waals surface area (Å²) in [6.45, 7) is -0.541. The molecule has 0 aliphatic carbocycles. The van der Waals surface area contributed by atoms with Crippen molar-refractivity contribution in [3.63, 3.8) is 0 Å². The van der Waals surface area contributed by atoms with Gasteiger partial charge in [-0.15, -0.1) is 0 Å². The van der Waals surface area contributed by atoms with E-state index in [1.54, 1.807) is 0 Å². The summed E-state index contributed by atoms with van der Waals surface area (Å²) in [4.78, 5) is 11.2. The van der Waals surface area contributed by atoms with Gasteiger partial charge in [-0.1, -0.05) is 0 Å². The molecule has 0 rings (SSSR count). The summed E-state index contributed by atoms with van der Waals surface area (Å²) < 4.78 is 0. The summed E-state index contributed by atoms with van der Waals surface area (Å²) in [5.74, 6) is -1.01. The first-order valence-electron chi connectivity index (χ1n) is 2.86. The molecule has 0 aliphatic heterocycles. The zero-order valence-electron chi connectivity index (χ0n) is 5.53. The van der Waals surface area contributed by atoms with Crippen LogP contribution in [-0.2, 0) is 4.79 Å². The van der Waals surface area contributed by atoms with Gasteiger partial charge in [0.05, 0.1) is 19.9 Å². The van der Waals surface area contributed by atoms with E-state index >= 15 is 0 Å². The predicted molar refractivity (Wildman–Crippen MR) is 33.4 cm³/mol. The molecule has 10 heavy (non-hydrogen) atoms. The molecule has 3 N–H and O–H groups in total. The molecule has 0 heterocycles. The van der Waals surface area contributed by atoms with Gasteiger partial charge >= 0.3 is 5.97 Å². The Morgan fingerprint density at radius 3 is 2.30 bits per heavy atom. The van der Waals surface area contributed by atoms with E-state index in [1.165, 1.54) is 4.90 Å². The van der Waals surface area contributed by atoms with Crippen LogP contribution in [0.3, 0.4) is 0 Å². The van der Waals surface area contributed by atoms with Crippen LogP contribution in [0.5, 0.6) is 0 Å². The number of aliphatic hydroxyl groups excluding tert-OH is 2. The van der Waals surface area contributed by atoms with Crippen molar-refractivity contribution >= 4 is 5.97 Å². The number of rotatable bonds is 5. The third-order valence-electron chi connectivity index (χ3n) is 0.975. The van der Waals surface area contributed by atoms with E-state index < -0.39 is 5.97 Å². The first-order chi connectivity index (χ1) is 4.70. The summed E-state index contributed by atoms with van der Waals surface area (Å²) in [5, 5.41) is 25.0. The fourth-order valence-corrected chi connectivity index (χ4v) is 0.532. The van der Waals surface area contributed by atoms with Crippen molar-refractivity contribution in [2.24, 2.45) is 0 Å². The third-order valence-corrected chi connectivity index (χ3v) is 0.975. The van der Waals surface area contributed by atoms with Crippen molar-refractivity contribution in [2.75, 3.05) is 26.4 Å². The van der Waals surface area contributed by atoms with Crippen LogP contribution in [0.1, 0.15) is 0 Å². The van der Waals surface area contributed by atoms with Gasteiger partial charge in [0.15, 0.2) is 0 Å². The molecule has 0 amide bonds. The smallest absolute Gasteiger partial charge is 0.317 e. The number of nitrogens with zero attached hydrogens (tertiary/aromatic N) is 1. The molecule has 0 saturated carbocycles. The van der Waals surface area contributed by atoms with Crippen molar-refractivity contribution in [2.45, 2.75) is 0 Å². The van der Waals surface area contributed by atoms with Crippen molar-refractivity contribution in [1.29, 1.82) is 0 Å². The minimum atomic E-state index is -1.01. The lowest BCUT2D eigenvalue weighted by molar-refractivity contribution is -0.139. The van der Waals surface area contributed by atoms with Crippen LogP contribution in [0, 0.1) is 0 Å². The quantitative estimate of drug-likeness (QED) is 0.406. The summed E-state index contributed by atoms with van der Waals surface area (Å²) in [5.41, 5.74) is 0. The molecular weight excluding hydrogens is 138 g/mol. The first-order valence-corrected chi connectivity index (χ1v) is 2.86. The number of aliphatic hydroxyl groups is 2. The molecular formula is C5H11NO4. The number of carboxylic acids is 1. The third kappa shape index (κ3) is 4.25. The maximum Gasteiger partial charge on any atom is 0.317 e. The standard InChI is InChI=1S/C5H11NO4/c7-2-1-6(4-8)3-5(9)10/h7-8H,1-4H2,(H,9,10). The van der Waals surface area contributed by atoms with E-state index in [-0.39, 0.29) is 26.4 Å². The molecule has 0 unspecified atom stereocenters.